The van der Waals surface area contributed by atoms with Gasteiger partial charge in [-0.1, -0.05) is 6.07 Å². The third kappa shape index (κ3) is 5.93. The first-order valence-corrected chi connectivity index (χ1v) is 14.8. The van der Waals surface area contributed by atoms with Gasteiger partial charge in [-0.3, -0.25) is 24.3 Å². The molecule has 0 radical (unpaired) electrons. The number of nitrogens with one attached hydrogen (secondary N) is 2. The summed E-state index contributed by atoms with van der Waals surface area (Å²) in [6, 6.07) is 1.53. The summed E-state index contributed by atoms with van der Waals surface area (Å²) >= 11 is 0. The number of aliphatic hydroxyl groups is 2. The van der Waals surface area contributed by atoms with Gasteiger partial charge in [-0.2, -0.15) is 4.31 Å². The van der Waals surface area contributed by atoms with Crippen LogP contribution in [0.2, 0.25) is 0 Å². The highest BCUT2D eigenvalue weighted by atomic mass is 32.2. The average Bonchev–Trinajstić information content (AvgIpc) is 3.41. The number of rotatable bonds is 3. The molecule has 4 N–H and O–H groups in total. The summed E-state index contributed by atoms with van der Waals surface area (Å²) in [5.74, 6) is -1.28. The fraction of sp³-hybridized carbons (Fsp3) is 0.667. The van der Waals surface area contributed by atoms with Gasteiger partial charge in [-0.15, -0.1) is 0 Å². The molecule has 0 aliphatic carbocycles. The van der Waals surface area contributed by atoms with E-state index in [2.05, 4.69) is 15.6 Å². The van der Waals surface area contributed by atoms with Gasteiger partial charge in [0.2, 0.25) is 27.7 Å². The molecule has 214 valence electrons. The number of amides is 3. The Morgan fingerprint density at radius 3 is 2.59 bits per heavy atom. The minimum atomic E-state index is -3.77. The highest BCUT2D eigenvalue weighted by Crippen LogP contribution is 2.27. The van der Waals surface area contributed by atoms with E-state index in [1.807, 2.05) is 11.0 Å². The molecule has 0 aromatic carbocycles. The maximum atomic E-state index is 13.8. The number of nitrogens with zero attached hydrogens (tertiary/aromatic N) is 4. The molecule has 7 atom stereocenters. The predicted molar refractivity (Wildman–Crippen MR) is 135 cm³/mol. The number of aromatic nitrogens is 1. The number of carbonyl (C=O) groups is 3. The summed E-state index contributed by atoms with van der Waals surface area (Å²) < 4.78 is 31.8. The molecule has 1 aromatic rings. The normalized spacial score (nSPS) is 35.1. The molecule has 14 nitrogen and oxygen atoms in total. The standard InChI is InChI=1S/C24H34N6O8S/c1-39(36,37)30-6-5-28-13-17(30)23(34)26-10-19-22(33)21(32)18(38-19)8-20(31)27-15-7-16(24(28)35)29(12-15)11-14-3-2-4-25-9-14/h2-4,9,15-19,21-22,32-33H,5-8,10-13H2,1H3,(H,26,34)(H,27,31)/t15-,16-,17-,18-,19+,21-,22+/m0/s1. The average molecular weight is 567 g/mol. The van der Waals surface area contributed by atoms with Gasteiger partial charge in [0.1, 0.15) is 24.4 Å². The number of ether oxygens (including phenoxy) is 1. The van der Waals surface area contributed by atoms with Crippen molar-refractivity contribution >= 4 is 27.7 Å². The molecule has 3 amide bonds. The Balaban J connectivity index is 1.44. The largest absolute Gasteiger partial charge is 0.388 e. The molecule has 4 fully saturated rings. The van der Waals surface area contributed by atoms with Gasteiger partial charge in [-0.05, 0) is 18.1 Å². The van der Waals surface area contributed by atoms with Gasteiger partial charge in [0, 0.05) is 57.7 Å². The molecular weight excluding hydrogens is 532 g/mol. The molecule has 15 heteroatoms. The first-order chi connectivity index (χ1) is 18.5. The van der Waals surface area contributed by atoms with Crippen molar-refractivity contribution in [3.8, 4) is 0 Å². The fourth-order valence-corrected chi connectivity index (χ4v) is 6.94. The minimum Gasteiger partial charge on any atom is -0.388 e. The minimum absolute atomic E-state index is 0.0541. The zero-order chi connectivity index (χ0) is 27.9. The topological polar surface area (TPSA) is 182 Å². The summed E-state index contributed by atoms with van der Waals surface area (Å²) in [5.41, 5.74) is 0.884. The highest BCUT2D eigenvalue weighted by Gasteiger charge is 2.47. The summed E-state index contributed by atoms with van der Waals surface area (Å²) in [4.78, 5) is 47.5. The van der Waals surface area contributed by atoms with Crippen molar-refractivity contribution in [1.82, 2.24) is 29.7 Å². The number of hydrogen-bond donors (Lipinski definition) is 4. The quantitative estimate of drug-likeness (QED) is 0.288. The van der Waals surface area contributed by atoms with Crippen molar-refractivity contribution in [3.63, 3.8) is 0 Å². The maximum Gasteiger partial charge on any atom is 0.240 e. The third-order valence-corrected chi connectivity index (χ3v) is 9.15. The molecule has 0 saturated carbocycles. The van der Waals surface area contributed by atoms with Crippen molar-refractivity contribution < 1.29 is 37.8 Å². The summed E-state index contributed by atoms with van der Waals surface area (Å²) in [6.45, 7) is 0.488. The number of aliphatic hydroxyl groups excluding tert-OH is 2. The van der Waals surface area contributed by atoms with Crippen LogP contribution >= 0.6 is 0 Å². The number of pyridine rings is 1. The number of sulfonamides is 1. The number of fused-ring (bicyclic) bond motifs is 6. The first kappa shape index (κ1) is 27.9. The van der Waals surface area contributed by atoms with Gasteiger partial charge in [0.25, 0.3) is 0 Å². The molecule has 4 aliphatic rings. The second-order valence-electron chi connectivity index (χ2n) is 10.6. The van der Waals surface area contributed by atoms with Gasteiger partial charge in [-0.25, -0.2) is 8.42 Å². The Morgan fingerprint density at radius 1 is 1.10 bits per heavy atom. The predicted octanol–water partition coefficient (Wildman–Crippen LogP) is -3.38. The molecular formula is C24H34N6O8S. The van der Waals surface area contributed by atoms with Crippen molar-refractivity contribution in [2.45, 2.75) is 61.9 Å². The van der Waals surface area contributed by atoms with E-state index in [0.29, 0.717) is 19.5 Å². The van der Waals surface area contributed by atoms with Crippen LogP contribution in [0.1, 0.15) is 18.4 Å². The number of carbonyl (C=O) groups excluding carboxylic acids is 3. The SMILES string of the molecule is CS(=O)(=O)N1CCN2C[C@H]1C(=O)NC[C@H]1O[C@@H](CC(=O)N[C@H]3C[C@@H](C2=O)N(Cc2cccnc2)C3)[C@H](O)[C@@H]1O. The second kappa shape index (κ2) is 11.1. The van der Waals surface area contributed by atoms with Crippen LogP contribution in [0.5, 0.6) is 0 Å². The lowest BCUT2D eigenvalue weighted by Gasteiger charge is -2.40. The lowest BCUT2D eigenvalue weighted by atomic mass is 10.0. The molecule has 6 bridgehead atoms. The van der Waals surface area contributed by atoms with Gasteiger partial charge >= 0.3 is 0 Å². The van der Waals surface area contributed by atoms with E-state index in [9.17, 15) is 33.0 Å². The Hall–Kier alpha value is -2.69. The molecule has 5 rings (SSSR count). The van der Waals surface area contributed by atoms with E-state index in [1.165, 1.54) is 4.90 Å². The van der Waals surface area contributed by atoms with E-state index in [1.54, 1.807) is 18.5 Å². The van der Waals surface area contributed by atoms with Crippen LogP contribution in [-0.4, -0.2) is 137 Å². The monoisotopic (exact) mass is 566 g/mol. The lowest BCUT2D eigenvalue weighted by molar-refractivity contribution is -0.140. The number of likely N-dealkylation sites (tertiary alicyclic amines) is 1. The molecule has 5 heterocycles. The molecule has 1 aromatic heterocycles. The van der Waals surface area contributed by atoms with Crippen LogP contribution in [0.4, 0.5) is 0 Å². The van der Waals surface area contributed by atoms with Crippen molar-refractivity contribution in [3.05, 3.63) is 30.1 Å². The summed E-state index contributed by atoms with van der Waals surface area (Å²) in [6.07, 6.45) is -0.197. The zero-order valence-corrected chi connectivity index (χ0v) is 22.4. The van der Waals surface area contributed by atoms with Crippen molar-refractivity contribution in [2.24, 2.45) is 0 Å². The zero-order valence-electron chi connectivity index (χ0n) is 21.5. The number of piperazine rings is 1. The fourth-order valence-electron chi connectivity index (χ4n) is 5.91. The summed E-state index contributed by atoms with van der Waals surface area (Å²) in [7, 11) is -3.77. The Kier molecular flexibility index (Phi) is 7.90. The Labute approximate surface area is 226 Å². The maximum absolute atomic E-state index is 13.8. The molecule has 4 saturated heterocycles. The number of hydrogen-bond acceptors (Lipinski definition) is 10. The van der Waals surface area contributed by atoms with Crippen molar-refractivity contribution in [2.75, 3.05) is 39.0 Å². The second-order valence-corrected chi connectivity index (χ2v) is 12.6. The Bertz CT molecular complexity index is 1200. The van der Waals surface area contributed by atoms with Crippen LogP contribution in [0.25, 0.3) is 0 Å². The van der Waals surface area contributed by atoms with E-state index in [-0.39, 0.29) is 50.5 Å². The van der Waals surface area contributed by atoms with Gasteiger partial charge < -0.3 is 30.5 Å². The van der Waals surface area contributed by atoms with Crippen LogP contribution in [0.15, 0.2) is 24.5 Å². The van der Waals surface area contributed by atoms with Crippen LogP contribution in [-0.2, 0) is 35.7 Å². The molecule has 4 aliphatic heterocycles. The smallest absolute Gasteiger partial charge is 0.240 e. The lowest BCUT2D eigenvalue weighted by Crippen LogP contribution is -2.63. The van der Waals surface area contributed by atoms with E-state index < -0.39 is 52.4 Å². The molecule has 39 heavy (non-hydrogen) atoms. The Morgan fingerprint density at radius 2 is 1.87 bits per heavy atom. The van der Waals surface area contributed by atoms with E-state index in [4.69, 9.17) is 4.74 Å². The van der Waals surface area contributed by atoms with Crippen LogP contribution in [0.3, 0.4) is 0 Å². The van der Waals surface area contributed by atoms with E-state index in [0.717, 1.165) is 16.1 Å². The van der Waals surface area contributed by atoms with Gasteiger partial charge in [0.15, 0.2) is 0 Å². The van der Waals surface area contributed by atoms with Gasteiger partial charge in [0.05, 0.1) is 24.8 Å². The first-order valence-electron chi connectivity index (χ1n) is 13.0. The van der Waals surface area contributed by atoms with Crippen LogP contribution < -0.4 is 10.6 Å². The molecule has 0 unspecified atom stereocenters. The molecule has 0 spiro atoms. The third-order valence-electron chi connectivity index (χ3n) is 7.86. The van der Waals surface area contributed by atoms with E-state index >= 15 is 0 Å². The summed E-state index contributed by atoms with van der Waals surface area (Å²) in [5, 5.41) is 26.5. The van der Waals surface area contributed by atoms with Crippen molar-refractivity contribution in [1.29, 1.82) is 0 Å². The highest BCUT2D eigenvalue weighted by molar-refractivity contribution is 7.88. The van der Waals surface area contributed by atoms with Crippen LogP contribution in [0, 0.1) is 0 Å².